The van der Waals surface area contributed by atoms with E-state index in [0.717, 1.165) is 66.8 Å². The second kappa shape index (κ2) is 12.7. The summed E-state index contributed by atoms with van der Waals surface area (Å²) in [6.45, 7) is 0. The van der Waals surface area contributed by atoms with Crippen molar-refractivity contribution < 1.29 is 0 Å². The maximum absolute atomic E-state index is 5.38. The Morgan fingerprint density at radius 3 is 1.20 bits per heavy atom. The Morgan fingerprint density at radius 1 is 0.260 bits per heavy atom. The average molecular weight is 638 g/mol. The van der Waals surface area contributed by atoms with Crippen LogP contribution in [0.1, 0.15) is 0 Å². The first-order chi connectivity index (χ1) is 24.8. The highest BCUT2D eigenvalue weighted by Gasteiger charge is 2.16. The third kappa shape index (κ3) is 5.51. The zero-order valence-electron chi connectivity index (χ0n) is 27.2. The molecule has 3 nitrogen and oxygen atoms in total. The van der Waals surface area contributed by atoms with Crippen LogP contribution in [0, 0.1) is 0 Å². The van der Waals surface area contributed by atoms with Gasteiger partial charge in [0, 0.05) is 33.0 Å². The van der Waals surface area contributed by atoms with Gasteiger partial charge in [-0.3, -0.25) is 0 Å². The smallest absolute Gasteiger partial charge is 0.160 e. The summed E-state index contributed by atoms with van der Waals surface area (Å²) in [7, 11) is 0. The number of pyridine rings is 1. The maximum Gasteiger partial charge on any atom is 0.160 e. The van der Waals surface area contributed by atoms with Crippen LogP contribution in [0.25, 0.3) is 89.1 Å². The average Bonchev–Trinajstić information content (AvgIpc) is 3.21. The lowest BCUT2D eigenvalue weighted by atomic mass is 9.91. The fraction of sp³-hybridized carbons (Fsp3) is 0. The van der Waals surface area contributed by atoms with Crippen LogP contribution in [0.15, 0.2) is 188 Å². The van der Waals surface area contributed by atoms with Crippen LogP contribution >= 0.6 is 0 Å². The molecule has 3 heteroatoms. The van der Waals surface area contributed by atoms with Gasteiger partial charge in [0.15, 0.2) is 5.82 Å². The van der Waals surface area contributed by atoms with E-state index in [4.69, 9.17) is 15.0 Å². The van der Waals surface area contributed by atoms with Gasteiger partial charge in [-0.15, -0.1) is 0 Å². The Labute approximate surface area is 291 Å². The third-order valence-corrected chi connectivity index (χ3v) is 9.29. The Hall–Kier alpha value is -6.71. The van der Waals surface area contributed by atoms with E-state index in [-0.39, 0.29) is 0 Å². The van der Waals surface area contributed by atoms with Crippen molar-refractivity contribution in [1.82, 2.24) is 15.0 Å². The standard InChI is InChI=1S/C47H31N3/c1-5-15-32(16-6-1)40-29-42-41(33-17-7-2-8-18-33)30-43(48-46(42)39-24-14-13-23-38(39)40)35-25-27-36(28-26-35)45-31-44(34-19-9-3-10-20-34)49-47(50-45)37-21-11-4-12-22-37/h1-31H. The number of hydrogen-bond donors (Lipinski definition) is 0. The summed E-state index contributed by atoms with van der Waals surface area (Å²) in [5, 5.41) is 3.47. The number of nitrogens with zero attached hydrogens (tertiary/aromatic N) is 3. The van der Waals surface area contributed by atoms with Crippen LogP contribution in [0.4, 0.5) is 0 Å². The van der Waals surface area contributed by atoms with Crippen molar-refractivity contribution in [2.24, 2.45) is 0 Å². The molecule has 2 aromatic heterocycles. The molecule has 9 rings (SSSR count). The highest BCUT2D eigenvalue weighted by atomic mass is 14.9. The van der Waals surface area contributed by atoms with Crippen LogP contribution in [0.2, 0.25) is 0 Å². The monoisotopic (exact) mass is 637 g/mol. The first-order valence-electron chi connectivity index (χ1n) is 16.9. The van der Waals surface area contributed by atoms with Gasteiger partial charge in [0.2, 0.25) is 0 Å². The molecule has 0 N–H and O–H groups in total. The minimum Gasteiger partial charge on any atom is -0.247 e. The third-order valence-electron chi connectivity index (χ3n) is 9.29. The van der Waals surface area contributed by atoms with Crippen LogP contribution < -0.4 is 0 Å². The Balaban J connectivity index is 1.20. The Bertz CT molecular complexity index is 2540. The predicted molar refractivity (Wildman–Crippen MR) is 207 cm³/mol. The molecule has 2 heterocycles. The molecule has 0 saturated carbocycles. The number of aromatic nitrogens is 3. The van der Waals surface area contributed by atoms with Crippen molar-refractivity contribution in [2.75, 3.05) is 0 Å². The second-order valence-corrected chi connectivity index (χ2v) is 12.4. The van der Waals surface area contributed by atoms with Crippen LogP contribution in [0.3, 0.4) is 0 Å². The lowest BCUT2D eigenvalue weighted by Crippen LogP contribution is -1.96. The normalized spacial score (nSPS) is 11.2. The van der Waals surface area contributed by atoms with Gasteiger partial charge in [-0.25, -0.2) is 15.0 Å². The van der Waals surface area contributed by atoms with Gasteiger partial charge in [0.25, 0.3) is 0 Å². The molecule has 7 aromatic carbocycles. The Morgan fingerprint density at radius 2 is 0.660 bits per heavy atom. The lowest BCUT2D eigenvalue weighted by molar-refractivity contribution is 1.18. The van der Waals surface area contributed by atoms with Crippen LogP contribution in [-0.4, -0.2) is 15.0 Å². The largest absolute Gasteiger partial charge is 0.247 e. The van der Waals surface area contributed by atoms with E-state index in [0.29, 0.717) is 5.82 Å². The minimum atomic E-state index is 0.705. The van der Waals surface area contributed by atoms with Crippen molar-refractivity contribution in [3.05, 3.63) is 188 Å². The van der Waals surface area contributed by atoms with Crippen LogP contribution in [-0.2, 0) is 0 Å². The molecule has 0 spiro atoms. The van der Waals surface area contributed by atoms with E-state index in [1.807, 2.05) is 36.4 Å². The van der Waals surface area contributed by atoms with Gasteiger partial charge in [0.05, 0.1) is 22.6 Å². The summed E-state index contributed by atoms with van der Waals surface area (Å²) in [6.07, 6.45) is 0. The molecular weight excluding hydrogens is 607 g/mol. The summed E-state index contributed by atoms with van der Waals surface area (Å²) in [5.74, 6) is 0.705. The lowest BCUT2D eigenvalue weighted by Gasteiger charge is -2.16. The van der Waals surface area contributed by atoms with Crippen molar-refractivity contribution >= 4 is 21.7 Å². The number of hydrogen-bond acceptors (Lipinski definition) is 3. The number of benzene rings is 7. The summed E-state index contributed by atoms with van der Waals surface area (Å²) in [5.41, 5.74) is 12.5. The molecule has 0 saturated heterocycles. The van der Waals surface area contributed by atoms with Gasteiger partial charge in [-0.1, -0.05) is 170 Å². The van der Waals surface area contributed by atoms with E-state index in [1.165, 1.54) is 16.5 Å². The van der Waals surface area contributed by atoms with E-state index in [1.54, 1.807) is 0 Å². The van der Waals surface area contributed by atoms with Crippen molar-refractivity contribution in [2.45, 2.75) is 0 Å². The van der Waals surface area contributed by atoms with Gasteiger partial charge in [-0.2, -0.15) is 0 Å². The quantitative estimate of drug-likeness (QED) is 0.170. The molecule has 0 unspecified atom stereocenters. The van der Waals surface area contributed by atoms with E-state index < -0.39 is 0 Å². The zero-order valence-corrected chi connectivity index (χ0v) is 27.2. The highest BCUT2D eigenvalue weighted by Crippen LogP contribution is 2.40. The predicted octanol–water partition coefficient (Wildman–Crippen LogP) is 12.2. The Kier molecular flexibility index (Phi) is 7.49. The van der Waals surface area contributed by atoms with Gasteiger partial charge >= 0.3 is 0 Å². The topological polar surface area (TPSA) is 38.7 Å². The molecule has 0 aliphatic heterocycles. The van der Waals surface area contributed by atoms with E-state index in [2.05, 4.69) is 152 Å². The molecule has 0 radical (unpaired) electrons. The van der Waals surface area contributed by atoms with Gasteiger partial charge in [0.1, 0.15) is 0 Å². The second-order valence-electron chi connectivity index (χ2n) is 12.4. The minimum absolute atomic E-state index is 0.705. The maximum atomic E-state index is 5.38. The first kappa shape index (κ1) is 29.4. The molecule has 0 bridgehead atoms. The molecular formula is C47H31N3. The highest BCUT2D eigenvalue weighted by molar-refractivity contribution is 6.16. The van der Waals surface area contributed by atoms with E-state index in [9.17, 15) is 0 Å². The van der Waals surface area contributed by atoms with Crippen molar-refractivity contribution in [3.8, 4) is 67.4 Å². The molecule has 0 aliphatic rings. The SMILES string of the molecule is c1ccc(-c2cc(-c3ccc(-c4cc(-c5ccccc5)c5cc(-c6ccccc6)c6ccccc6c5n4)cc3)nc(-c3ccccc3)n2)cc1. The van der Waals surface area contributed by atoms with E-state index >= 15 is 0 Å². The molecule has 50 heavy (non-hydrogen) atoms. The fourth-order valence-corrected chi connectivity index (χ4v) is 6.79. The molecule has 9 aromatic rings. The molecule has 234 valence electrons. The molecule has 0 amide bonds. The van der Waals surface area contributed by atoms with Gasteiger partial charge < -0.3 is 0 Å². The van der Waals surface area contributed by atoms with Crippen molar-refractivity contribution in [3.63, 3.8) is 0 Å². The molecule has 0 atom stereocenters. The number of fused-ring (bicyclic) bond motifs is 3. The van der Waals surface area contributed by atoms with Gasteiger partial charge in [-0.05, 0) is 45.8 Å². The molecule has 0 aliphatic carbocycles. The first-order valence-corrected chi connectivity index (χ1v) is 16.9. The zero-order chi connectivity index (χ0) is 33.3. The summed E-state index contributed by atoms with van der Waals surface area (Å²) >= 11 is 0. The van der Waals surface area contributed by atoms with Crippen molar-refractivity contribution in [1.29, 1.82) is 0 Å². The summed E-state index contributed by atoms with van der Waals surface area (Å²) in [4.78, 5) is 15.4. The summed E-state index contributed by atoms with van der Waals surface area (Å²) in [6, 6.07) is 65.6. The molecule has 0 fully saturated rings. The summed E-state index contributed by atoms with van der Waals surface area (Å²) < 4.78 is 0. The fourth-order valence-electron chi connectivity index (χ4n) is 6.79. The number of rotatable bonds is 6. The van der Waals surface area contributed by atoms with Crippen LogP contribution in [0.5, 0.6) is 0 Å².